The van der Waals surface area contributed by atoms with Gasteiger partial charge in [-0.3, -0.25) is 9.69 Å². The molecule has 0 saturated heterocycles. The van der Waals surface area contributed by atoms with E-state index < -0.39 is 6.10 Å². The molecule has 2 heterocycles. The van der Waals surface area contributed by atoms with E-state index in [9.17, 15) is 9.90 Å². The van der Waals surface area contributed by atoms with E-state index in [0.29, 0.717) is 26.2 Å². The number of ether oxygens (including phenoxy) is 1. The first-order valence-electron chi connectivity index (χ1n) is 10.3. The smallest absolute Gasteiger partial charge is 0.237 e. The number of carbonyl (C=O) groups is 1. The average molecular weight is 417 g/mol. The Balaban J connectivity index is 1.74. The fourth-order valence-electron chi connectivity index (χ4n) is 3.75. The molecule has 0 saturated carbocycles. The SMILES string of the molecule is Cc1ccc(OC[C@H]2c3ccsc3CCN2C(=O)CN(C[C@H](C)O)C(C)C)cc1. The van der Waals surface area contributed by atoms with Crippen molar-refractivity contribution in [3.63, 3.8) is 0 Å². The van der Waals surface area contributed by atoms with E-state index in [1.807, 2.05) is 34.1 Å². The maximum absolute atomic E-state index is 13.2. The number of hydrogen-bond acceptors (Lipinski definition) is 5. The zero-order valence-corrected chi connectivity index (χ0v) is 18.6. The molecule has 0 aliphatic carbocycles. The number of aliphatic hydroxyl groups is 1. The molecule has 29 heavy (non-hydrogen) atoms. The van der Waals surface area contributed by atoms with Gasteiger partial charge in [0.05, 0.1) is 18.7 Å². The van der Waals surface area contributed by atoms with Crippen LogP contribution in [0.4, 0.5) is 0 Å². The summed E-state index contributed by atoms with van der Waals surface area (Å²) in [7, 11) is 0. The van der Waals surface area contributed by atoms with Gasteiger partial charge in [-0.1, -0.05) is 17.7 Å². The predicted octanol–water partition coefficient (Wildman–Crippen LogP) is 3.65. The van der Waals surface area contributed by atoms with E-state index in [0.717, 1.165) is 12.2 Å². The van der Waals surface area contributed by atoms with Crippen LogP contribution in [0.5, 0.6) is 5.75 Å². The van der Waals surface area contributed by atoms with E-state index in [4.69, 9.17) is 4.74 Å². The van der Waals surface area contributed by atoms with Gasteiger partial charge in [-0.25, -0.2) is 0 Å². The van der Waals surface area contributed by atoms with Crippen LogP contribution in [-0.4, -0.2) is 59.2 Å². The summed E-state index contributed by atoms with van der Waals surface area (Å²) in [5.74, 6) is 0.914. The number of hydrogen-bond donors (Lipinski definition) is 1. The fraction of sp³-hybridized carbons (Fsp3) is 0.522. The number of benzene rings is 1. The molecule has 1 aromatic heterocycles. The van der Waals surface area contributed by atoms with E-state index >= 15 is 0 Å². The molecule has 2 aromatic rings. The Kier molecular flexibility index (Phi) is 7.33. The summed E-state index contributed by atoms with van der Waals surface area (Å²) in [4.78, 5) is 18.6. The third-order valence-electron chi connectivity index (χ3n) is 5.41. The molecular weight excluding hydrogens is 384 g/mol. The summed E-state index contributed by atoms with van der Waals surface area (Å²) in [6.45, 7) is 9.87. The van der Waals surface area contributed by atoms with Crippen LogP contribution in [0.3, 0.4) is 0 Å². The van der Waals surface area contributed by atoms with Gasteiger partial charge in [-0.15, -0.1) is 11.3 Å². The molecule has 1 aromatic carbocycles. The standard InChI is InChI=1S/C23H32N2O3S/c1-16(2)24(13-18(4)26)14-23(27)25-11-9-22-20(10-12-29-22)21(25)15-28-19-7-5-17(3)6-8-19/h5-8,10,12,16,18,21,26H,9,11,13-15H2,1-4H3/t18-,21-/m0/s1. The van der Waals surface area contributed by atoms with E-state index in [2.05, 4.69) is 32.2 Å². The van der Waals surface area contributed by atoms with Crippen molar-refractivity contribution in [2.24, 2.45) is 0 Å². The van der Waals surface area contributed by atoms with Crippen molar-refractivity contribution < 1.29 is 14.6 Å². The average Bonchev–Trinajstić information content (AvgIpc) is 3.15. The molecule has 1 amide bonds. The highest BCUT2D eigenvalue weighted by Gasteiger charge is 2.33. The zero-order chi connectivity index (χ0) is 21.0. The highest BCUT2D eigenvalue weighted by Crippen LogP contribution is 2.34. The van der Waals surface area contributed by atoms with Gasteiger partial charge in [0, 0.05) is 24.0 Å². The minimum atomic E-state index is -0.462. The molecule has 1 aliphatic heterocycles. The Morgan fingerprint density at radius 2 is 2.00 bits per heavy atom. The Bertz CT molecular complexity index is 801. The third kappa shape index (κ3) is 5.59. The monoisotopic (exact) mass is 416 g/mol. The topological polar surface area (TPSA) is 53.0 Å². The Hall–Kier alpha value is -1.89. The van der Waals surface area contributed by atoms with Gasteiger partial charge in [-0.2, -0.15) is 0 Å². The lowest BCUT2D eigenvalue weighted by molar-refractivity contribution is -0.136. The highest BCUT2D eigenvalue weighted by atomic mass is 32.1. The number of aryl methyl sites for hydroxylation is 1. The van der Waals surface area contributed by atoms with Crippen molar-refractivity contribution in [1.82, 2.24) is 9.80 Å². The van der Waals surface area contributed by atoms with Gasteiger partial charge in [0.25, 0.3) is 0 Å². The Morgan fingerprint density at radius 1 is 1.28 bits per heavy atom. The first kappa shape index (κ1) is 21.8. The number of thiophene rings is 1. The minimum absolute atomic E-state index is 0.0839. The van der Waals surface area contributed by atoms with Crippen molar-refractivity contribution >= 4 is 17.2 Å². The van der Waals surface area contributed by atoms with Crippen molar-refractivity contribution in [1.29, 1.82) is 0 Å². The van der Waals surface area contributed by atoms with Crippen molar-refractivity contribution in [3.05, 3.63) is 51.7 Å². The maximum Gasteiger partial charge on any atom is 0.237 e. The Labute approximate surface area is 177 Å². The lowest BCUT2D eigenvalue weighted by Gasteiger charge is -2.38. The first-order valence-corrected chi connectivity index (χ1v) is 11.2. The van der Waals surface area contributed by atoms with Crippen molar-refractivity contribution in [2.45, 2.75) is 52.3 Å². The molecule has 158 valence electrons. The van der Waals surface area contributed by atoms with Gasteiger partial charge in [0.1, 0.15) is 12.4 Å². The minimum Gasteiger partial charge on any atom is -0.491 e. The number of carbonyl (C=O) groups excluding carboxylic acids is 1. The second-order valence-corrected chi connectivity index (χ2v) is 9.15. The van der Waals surface area contributed by atoms with Crippen LogP contribution in [0, 0.1) is 6.92 Å². The normalized spacial score (nSPS) is 17.5. The second-order valence-electron chi connectivity index (χ2n) is 8.15. The molecule has 0 bridgehead atoms. The quantitative estimate of drug-likeness (QED) is 0.714. The second kappa shape index (κ2) is 9.74. The molecule has 1 N–H and O–H groups in total. The van der Waals surface area contributed by atoms with Crippen LogP contribution >= 0.6 is 11.3 Å². The van der Waals surface area contributed by atoms with Crippen molar-refractivity contribution in [3.8, 4) is 5.75 Å². The number of fused-ring (bicyclic) bond motifs is 1. The molecular formula is C23H32N2O3S. The fourth-order valence-corrected chi connectivity index (χ4v) is 4.67. The predicted molar refractivity (Wildman–Crippen MR) is 118 cm³/mol. The van der Waals surface area contributed by atoms with Gasteiger partial charge >= 0.3 is 0 Å². The van der Waals surface area contributed by atoms with Gasteiger partial charge in [-0.05, 0) is 63.3 Å². The molecule has 6 heteroatoms. The summed E-state index contributed by atoms with van der Waals surface area (Å²) in [5.41, 5.74) is 2.40. The van der Waals surface area contributed by atoms with Gasteiger partial charge in [0.2, 0.25) is 5.91 Å². The van der Waals surface area contributed by atoms with Crippen LogP contribution in [0.15, 0.2) is 35.7 Å². The number of nitrogens with zero attached hydrogens (tertiary/aromatic N) is 2. The van der Waals surface area contributed by atoms with E-state index in [-0.39, 0.29) is 18.0 Å². The zero-order valence-electron chi connectivity index (χ0n) is 17.8. The molecule has 0 radical (unpaired) electrons. The highest BCUT2D eigenvalue weighted by molar-refractivity contribution is 7.10. The molecule has 0 spiro atoms. The molecule has 3 rings (SSSR count). The third-order valence-corrected chi connectivity index (χ3v) is 6.41. The largest absolute Gasteiger partial charge is 0.491 e. The van der Waals surface area contributed by atoms with Crippen molar-refractivity contribution in [2.75, 3.05) is 26.2 Å². The summed E-state index contributed by atoms with van der Waals surface area (Å²) in [6.07, 6.45) is 0.424. The lowest BCUT2D eigenvalue weighted by atomic mass is 10.00. The number of rotatable bonds is 8. The summed E-state index contributed by atoms with van der Waals surface area (Å²) < 4.78 is 6.08. The van der Waals surface area contributed by atoms with E-state index in [1.54, 1.807) is 18.3 Å². The summed E-state index contributed by atoms with van der Waals surface area (Å²) >= 11 is 1.76. The van der Waals surface area contributed by atoms with Crippen LogP contribution in [-0.2, 0) is 11.2 Å². The molecule has 0 unspecified atom stereocenters. The van der Waals surface area contributed by atoms with E-state index in [1.165, 1.54) is 16.0 Å². The maximum atomic E-state index is 13.2. The summed E-state index contributed by atoms with van der Waals surface area (Å²) in [5, 5.41) is 11.9. The number of aliphatic hydroxyl groups excluding tert-OH is 1. The molecule has 5 nitrogen and oxygen atoms in total. The van der Waals surface area contributed by atoms with Crippen LogP contribution in [0.2, 0.25) is 0 Å². The van der Waals surface area contributed by atoms with Crippen LogP contribution < -0.4 is 4.74 Å². The Morgan fingerprint density at radius 3 is 2.66 bits per heavy atom. The van der Waals surface area contributed by atoms with Gasteiger partial charge < -0.3 is 14.7 Å². The number of amides is 1. The van der Waals surface area contributed by atoms with Gasteiger partial charge in [0.15, 0.2) is 0 Å². The first-order chi connectivity index (χ1) is 13.8. The molecule has 0 fully saturated rings. The molecule has 1 aliphatic rings. The lowest BCUT2D eigenvalue weighted by Crippen LogP contribution is -2.49. The summed E-state index contributed by atoms with van der Waals surface area (Å²) in [6, 6.07) is 10.2. The van der Waals surface area contributed by atoms with Crippen LogP contribution in [0.1, 0.15) is 42.8 Å². The van der Waals surface area contributed by atoms with Crippen LogP contribution in [0.25, 0.3) is 0 Å². The molecule has 2 atom stereocenters.